The van der Waals surface area contributed by atoms with E-state index >= 15 is 0 Å². The SMILES string of the molecule is CC.[C-]#[N+]c1ccc(NC(=O)[C@@](C)(O)COc2ccc(C#N)cc2)cc1C(F)(F)F. The van der Waals surface area contributed by atoms with Crippen molar-refractivity contribution in [1.82, 2.24) is 0 Å². The molecule has 0 aliphatic carbocycles. The minimum atomic E-state index is -4.76. The van der Waals surface area contributed by atoms with Crippen molar-refractivity contribution in [1.29, 1.82) is 5.26 Å². The molecule has 0 aromatic heterocycles. The van der Waals surface area contributed by atoms with Gasteiger partial charge < -0.3 is 15.2 Å². The molecule has 2 aromatic rings. The zero-order chi connectivity index (χ0) is 22.9. The molecule has 0 saturated heterocycles. The maximum Gasteiger partial charge on any atom is 0.407 e. The fourth-order valence-corrected chi connectivity index (χ4v) is 2.12. The first-order valence-corrected chi connectivity index (χ1v) is 8.82. The van der Waals surface area contributed by atoms with Crippen LogP contribution in [-0.2, 0) is 11.0 Å². The molecule has 2 aromatic carbocycles. The number of rotatable bonds is 5. The highest BCUT2D eigenvalue weighted by Crippen LogP contribution is 2.38. The highest BCUT2D eigenvalue weighted by Gasteiger charge is 2.35. The highest BCUT2D eigenvalue weighted by molar-refractivity contribution is 5.97. The Balaban J connectivity index is 0.00000218. The molecule has 158 valence electrons. The van der Waals surface area contributed by atoms with Gasteiger partial charge in [-0.05, 0) is 43.3 Å². The Kier molecular flexibility index (Phi) is 8.39. The predicted molar refractivity (Wildman–Crippen MR) is 105 cm³/mol. The molecule has 0 aliphatic rings. The van der Waals surface area contributed by atoms with E-state index in [-0.39, 0.29) is 5.69 Å². The van der Waals surface area contributed by atoms with Crippen molar-refractivity contribution in [2.45, 2.75) is 32.5 Å². The lowest BCUT2D eigenvalue weighted by Crippen LogP contribution is -2.45. The van der Waals surface area contributed by atoms with Gasteiger partial charge in [-0.1, -0.05) is 19.9 Å². The number of hydrogen-bond donors (Lipinski definition) is 2. The van der Waals surface area contributed by atoms with Gasteiger partial charge in [0.2, 0.25) is 0 Å². The normalized spacial score (nSPS) is 12.3. The maximum atomic E-state index is 13.0. The summed E-state index contributed by atoms with van der Waals surface area (Å²) >= 11 is 0. The summed E-state index contributed by atoms with van der Waals surface area (Å²) < 4.78 is 44.3. The van der Waals surface area contributed by atoms with Crippen LogP contribution in [0.25, 0.3) is 4.85 Å². The topological polar surface area (TPSA) is 86.7 Å². The number of alkyl halides is 3. The number of aliphatic hydroxyl groups is 1. The quantitative estimate of drug-likeness (QED) is 0.674. The summed E-state index contributed by atoms with van der Waals surface area (Å²) in [5.74, 6) is -0.683. The predicted octanol–water partition coefficient (Wildman–Crippen LogP) is 4.92. The van der Waals surface area contributed by atoms with Crippen LogP contribution in [0.5, 0.6) is 5.75 Å². The van der Waals surface area contributed by atoms with E-state index in [1.807, 2.05) is 19.9 Å². The van der Waals surface area contributed by atoms with Gasteiger partial charge in [-0.15, -0.1) is 0 Å². The Labute approximate surface area is 172 Å². The highest BCUT2D eigenvalue weighted by atomic mass is 19.4. The molecule has 1 amide bonds. The molecule has 2 N–H and O–H groups in total. The number of carbonyl (C=O) groups is 1. The zero-order valence-corrected chi connectivity index (χ0v) is 16.5. The van der Waals surface area contributed by atoms with Gasteiger partial charge in [0, 0.05) is 5.69 Å². The van der Waals surface area contributed by atoms with E-state index in [1.54, 1.807) is 0 Å². The summed E-state index contributed by atoms with van der Waals surface area (Å²) in [5, 5.41) is 21.2. The molecule has 9 heteroatoms. The van der Waals surface area contributed by atoms with Crippen molar-refractivity contribution < 1.29 is 27.8 Å². The molecule has 0 radical (unpaired) electrons. The molecule has 0 bridgehead atoms. The van der Waals surface area contributed by atoms with Crippen LogP contribution in [0.3, 0.4) is 0 Å². The van der Waals surface area contributed by atoms with E-state index in [4.69, 9.17) is 16.6 Å². The molecule has 0 spiro atoms. The van der Waals surface area contributed by atoms with Crippen molar-refractivity contribution >= 4 is 17.3 Å². The fourth-order valence-electron chi connectivity index (χ4n) is 2.12. The van der Waals surface area contributed by atoms with Gasteiger partial charge in [-0.25, -0.2) is 4.85 Å². The Morgan fingerprint density at radius 1 is 1.23 bits per heavy atom. The first kappa shape index (κ1) is 24.5. The Bertz CT molecular complexity index is 957. The number of anilines is 1. The Hall–Kier alpha value is -3.56. The van der Waals surface area contributed by atoms with Crippen LogP contribution in [0.1, 0.15) is 31.9 Å². The number of halogens is 3. The summed E-state index contributed by atoms with van der Waals surface area (Å²) in [6.45, 7) is 11.5. The lowest BCUT2D eigenvalue weighted by molar-refractivity contribution is -0.137. The molecule has 6 nitrogen and oxygen atoms in total. The molecule has 2 rings (SSSR count). The minimum absolute atomic E-state index is 0.219. The van der Waals surface area contributed by atoms with Crippen LogP contribution in [0, 0.1) is 17.9 Å². The van der Waals surface area contributed by atoms with E-state index in [0.717, 1.165) is 19.1 Å². The zero-order valence-electron chi connectivity index (χ0n) is 16.5. The van der Waals surface area contributed by atoms with Crippen LogP contribution >= 0.6 is 0 Å². The third-order valence-electron chi connectivity index (χ3n) is 3.67. The van der Waals surface area contributed by atoms with Crippen LogP contribution in [0.2, 0.25) is 0 Å². The van der Waals surface area contributed by atoms with Gasteiger partial charge in [0.15, 0.2) is 11.3 Å². The average molecular weight is 419 g/mol. The number of ether oxygens (including phenoxy) is 1. The fraction of sp³-hybridized carbons (Fsp3) is 0.286. The minimum Gasteiger partial charge on any atom is -0.490 e. The molecular weight excluding hydrogens is 399 g/mol. The van der Waals surface area contributed by atoms with Crippen molar-refractivity contribution in [3.05, 3.63) is 65.0 Å². The van der Waals surface area contributed by atoms with Gasteiger partial charge >= 0.3 is 6.18 Å². The van der Waals surface area contributed by atoms with E-state index in [0.29, 0.717) is 17.4 Å². The number of amides is 1. The number of nitrogens with zero attached hydrogens (tertiary/aromatic N) is 2. The lowest BCUT2D eigenvalue weighted by Gasteiger charge is -2.23. The summed E-state index contributed by atoms with van der Waals surface area (Å²) in [6.07, 6.45) is -4.76. The van der Waals surface area contributed by atoms with Crippen LogP contribution < -0.4 is 10.1 Å². The Morgan fingerprint density at radius 2 is 1.83 bits per heavy atom. The Morgan fingerprint density at radius 3 is 2.33 bits per heavy atom. The van der Waals surface area contributed by atoms with Crippen LogP contribution in [0.4, 0.5) is 24.5 Å². The van der Waals surface area contributed by atoms with E-state index in [2.05, 4.69) is 10.2 Å². The third kappa shape index (κ3) is 6.50. The third-order valence-corrected chi connectivity index (χ3v) is 3.67. The maximum absolute atomic E-state index is 13.0. The van der Waals surface area contributed by atoms with Crippen molar-refractivity contribution in [3.8, 4) is 11.8 Å². The number of carbonyl (C=O) groups excluding carboxylic acids is 1. The standard InChI is InChI=1S/C19H14F3N3O3.C2H6/c1-18(27,11-28-14-6-3-12(10-23)4-7-14)17(26)25-13-5-8-16(24-2)15(9-13)19(20,21)22;1-2/h3-9,27H,11H2,1H3,(H,25,26);1-2H3/t18-;/m0./s1. The second-order valence-electron chi connectivity index (χ2n) is 5.99. The number of nitrogens with one attached hydrogen (secondary N) is 1. The van der Waals surface area contributed by atoms with Crippen molar-refractivity contribution in [2.24, 2.45) is 0 Å². The average Bonchev–Trinajstić information content (AvgIpc) is 2.73. The van der Waals surface area contributed by atoms with Crippen molar-refractivity contribution in [2.75, 3.05) is 11.9 Å². The van der Waals surface area contributed by atoms with Crippen molar-refractivity contribution in [3.63, 3.8) is 0 Å². The number of hydrogen-bond acceptors (Lipinski definition) is 4. The number of nitriles is 1. The van der Waals surface area contributed by atoms with E-state index < -0.39 is 35.5 Å². The van der Waals surface area contributed by atoms with Gasteiger partial charge in [-0.2, -0.15) is 18.4 Å². The monoisotopic (exact) mass is 419 g/mol. The molecular formula is C21H20F3N3O3. The van der Waals surface area contributed by atoms with Gasteiger partial charge in [0.1, 0.15) is 12.4 Å². The van der Waals surface area contributed by atoms with Gasteiger partial charge in [-0.3, -0.25) is 4.79 Å². The number of benzene rings is 2. The molecule has 0 fully saturated rings. The molecule has 30 heavy (non-hydrogen) atoms. The molecule has 0 unspecified atom stereocenters. The van der Waals surface area contributed by atoms with Gasteiger partial charge in [0.05, 0.1) is 23.8 Å². The summed E-state index contributed by atoms with van der Waals surface area (Å²) in [4.78, 5) is 15.1. The molecule has 0 saturated carbocycles. The molecule has 1 atom stereocenters. The smallest absolute Gasteiger partial charge is 0.407 e. The largest absolute Gasteiger partial charge is 0.490 e. The second-order valence-corrected chi connectivity index (χ2v) is 5.99. The summed E-state index contributed by atoms with van der Waals surface area (Å²) in [5.41, 5.74) is -3.65. The first-order chi connectivity index (χ1) is 14.1. The summed E-state index contributed by atoms with van der Waals surface area (Å²) in [6, 6.07) is 10.6. The van der Waals surface area contributed by atoms with E-state index in [1.165, 1.54) is 24.3 Å². The molecule has 0 heterocycles. The lowest BCUT2D eigenvalue weighted by atomic mass is 10.1. The second kappa shape index (κ2) is 10.3. The van der Waals surface area contributed by atoms with E-state index in [9.17, 15) is 23.1 Å². The molecule has 0 aliphatic heterocycles. The van der Waals surface area contributed by atoms with Crippen LogP contribution in [0.15, 0.2) is 42.5 Å². The van der Waals surface area contributed by atoms with Crippen LogP contribution in [-0.4, -0.2) is 23.2 Å². The summed E-state index contributed by atoms with van der Waals surface area (Å²) in [7, 11) is 0. The first-order valence-electron chi connectivity index (χ1n) is 8.82. The van der Waals surface area contributed by atoms with Gasteiger partial charge in [0.25, 0.3) is 5.91 Å².